The summed E-state index contributed by atoms with van der Waals surface area (Å²) >= 11 is 3.43. The molecule has 0 amide bonds. The Morgan fingerprint density at radius 1 is 1.38 bits per heavy atom. The van der Waals surface area contributed by atoms with Crippen molar-refractivity contribution in [2.75, 3.05) is 0 Å². The van der Waals surface area contributed by atoms with E-state index in [4.69, 9.17) is 5.73 Å². The van der Waals surface area contributed by atoms with E-state index >= 15 is 0 Å². The summed E-state index contributed by atoms with van der Waals surface area (Å²) in [5.74, 6) is 0.625. The van der Waals surface area contributed by atoms with E-state index in [1.54, 1.807) is 0 Å². The van der Waals surface area contributed by atoms with Crippen molar-refractivity contribution >= 4 is 15.9 Å². The maximum atomic E-state index is 5.87. The molecule has 1 fully saturated rings. The fraction of sp³-hybridized carbons (Fsp3) is 0.500. The largest absolute Gasteiger partial charge is 0.328 e. The van der Waals surface area contributed by atoms with Crippen molar-refractivity contribution in [3.8, 4) is 0 Å². The maximum absolute atomic E-state index is 5.87. The summed E-state index contributed by atoms with van der Waals surface area (Å²) < 4.78 is 1.06. The van der Waals surface area contributed by atoms with Gasteiger partial charge in [0.2, 0.25) is 0 Å². The van der Waals surface area contributed by atoms with Crippen LogP contribution in [-0.2, 0) is 0 Å². The number of hydrogen-bond donors (Lipinski definition) is 1. The highest BCUT2D eigenvalue weighted by atomic mass is 79.9. The molecule has 1 aromatic rings. The lowest BCUT2D eigenvalue weighted by molar-refractivity contribution is 0.673. The Labute approximate surface area is 86.7 Å². The highest BCUT2D eigenvalue weighted by Gasteiger charge is 2.23. The molecule has 70 valence electrons. The summed E-state index contributed by atoms with van der Waals surface area (Å²) in [6, 6.07) is 2.54. The second-order valence-corrected chi connectivity index (χ2v) is 4.62. The van der Waals surface area contributed by atoms with E-state index < -0.39 is 0 Å². The lowest BCUT2D eigenvalue weighted by Crippen LogP contribution is -2.14. The van der Waals surface area contributed by atoms with Crippen molar-refractivity contribution in [3.63, 3.8) is 0 Å². The third-order valence-corrected chi connectivity index (χ3v) is 3.10. The fourth-order valence-electron chi connectivity index (χ4n) is 1.97. The summed E-state index contributed by atoms with van der Waals surface area (Å²) in [5.41, 5.74) is 7.19. The molecule has 1 aliphatic rings. The van der Waals surface area contributed by atoms with E-state index in [0.29, 0.717) is 12.0 Å². The van der Waals surface area contributed by atoms with E-state index in [1.807, 2.05) is 12.4 Å². The smallest absolute Gasteiger partial charge is 0.0410 e. The predicted octanol–water partition coefficient (Wildman–Crippen LogP) is 2.44. The number of halogens is 1. The number of rotatable bonds is 1. The molecule has 0 saturated heterocycles. The average molecular weight is 241 g/mol. The molecule has 1 heterocycles. The molecule has 1 saturated carbocycles. The van der Waals surface area contributed by atoms with Gasteiger partial charge in [-0.3, -0.25) is 4.98 Å². The Bertz CT molecular complexity index is 301. The minimum absolute atomic E-state index is 0.393. The van der Waals surface area contributed by atoms with Crippen molar-refractivity contribution in [2.24, 2.45) is 5.73 Å². The van der Waals surface area contributed by atoms with Crippen LogP contribution >= 0.6 is 15.9 Å². The first kappa shape index (κ1) is 9.16. The van der Waals surface area contributed by atoms with E-state index in [0.717, 1.165) is 17.3 Å². The molecule has 2 atom stereocenters. The van der Waals surface area contributed by atoms with Crippen LogP contribution in [0.25, 0.3) is 0 Å². The molecule has 0 bridgehead atoms. The van der Waals surface area contributed by atoms with Crippen LogP contribution in [0.2, 0.25) is 0 Å². The lowest BCUT2D eigenvalue weighted by Gasteiger charge is -2.08. The quantitative estimate of drug-likeness (QED) is 0.820. The Morgan fingerprint density at radius 2 is 2.23 bits per heavy atom. The number of hydrogen-bond acceptors (Lipinski definition) is 2. The van der Waals surface area contributed by atoms with Gasteiger partial charge >= 0.3 is 0 Å². The Kier molecular flexibility index (Phi) is 2.65. The lowest BCUT2D eigenvalue weighted by atomic mass is 9.99. The van der Waals surface area contributed by atoms with Crippen LogP contribution in [0.1, 0.15) is 30.7 Å². The van der Waals surface area contributed by atoms with Gasteiger partial charge in [-0.25, -0.2) is 0 Å². The van der Waals surface area contributed by atoms with Crippen LogP contribution in [0.15, 0.2) is 22.9 Å². The van der Waals surface area contributed by atoms with Crippen molar-refractivity contribution in [3.05, 3.63) is 28.5 Å². The van der Waals surface area contributed by atoms with Gasteiger partial charge in [0.05, 0.1) is 0 Å². The zero-order chi connectivity index (χ0) is 9.26. The van der Waals surface area contributed by atoms with Crippen LogP contribution in [0.5, 0.6) is 0 Å². The van der Waals surface area contributed by atoms with Gasteiger partial charge in [0.1, 0.15) is 0 Å². The molecule has 0 radical (unpaired) electrons. The van der Waals surface area contributed by atoms with Crippen molar-refractivity contribution < 1.29 is 0 Å². The molecule has 0 aromatic carbocycles. The molecule has 0 aliphatic heterocycles. The van der Waals surface area contributed by atoms with Gasteiger partial charge in [0.25, 0.3) is 0 Å². The number of pyridine rings is 1. The standard InChI is InChI=1S/C10H13BrN2/c11-9-3-8(5-13-6-9)7-1-2-10(12)4-7/h3,5-7,10H,1-2,4,12H2. The van der Waals surface area contributed by atoms with Crippen molar-refractivity contribution in [1.82, 2.24) is 4.98 Å². The van der Waals surface area contributed by atoms with Crippen LogP contribution in [0.4, 0.5) is 0 Å². The van der Waals surface area contributed by atoms with Gasteiger partial charge < -0.3 is 5.73 Å². The minimum Gasteiger partial charge on any atom is -0.328 e. The van der Waals surface area contributed by atoms with Gasteiger partial charge in [-0.1, -0.05) is 0 Å². The molecular formula is C10H13BrN2. The molecule has 2 N–H and O–H groups in total. The van der Waals surface area contributed by atoms with Crippen molar-refractivity contribution in [2.45, 2.75) is 31.2 Å². The number of nitrogens with two attached hydrogens (primary N) is 1. The molecule has 0 spiro atoms. The van der Waals surface area contributed by atoms with E-state index in [2.05, 4.69) is 27.0 Å². The van der Waals surface area contributed by atoms with Crippen LogP contribution in [-0.4, -0.2) is 11.0 Å². The molecule has 2 nitrogen and oxygen atoms in total. The summed E-state index contributed by atoms with van der Waals surface area (Å²) in [5, 5.41) is 0. The topological polar surface area (TPSA) is 38.9 Å². The van der Waals surface area contributed by atoms with E-state index in [1.165, 1.54) is 12.0 Å². The van der Waals surface area contributed by atoms with E-state index in [9.17, 15) is 0 Å². The van der Waals surface area contributed by atoms with Gasteiger partial charge in [-0.05, 0) is 52.7 Å². The Hall–Kier alpha value is -0.410. The first-order valence-corrected chi connectivity index (χ1v) is 5.41. The van der Waals surface area contributed by atoms with Crippen molar-refractivity contribution in [1.29, 1.82) is 0 Å². The fourth-order valence-corrected chi connectivity index (χ4v) is 2.35. The van der Waals surface area contributed by atoms with Gasteiger partial charge in [0, 0.05) is 22.9 Å². The number of aromatic nitrogens is 1. The highest BCUT2D eigenvalue weighted by Crippen LogP contribution is 2.33. The predicted molar refractivity (Wildman–Crippen MR) is 56.5 cm³/mol. The average Bonchev–Trinajstić information content (AvgIpc) is 2.52. The van der Waals surface area contributed by atoms with Gasteiger partial charge in [-0.15, -0.1) is 0 Å². The second kappa shape index (κ2) is 3.76. The maximum Gasteiger partial charge on any atom is 0.0410 e. The summed E-state index contributed by atoms with van der Waals surface area (Å²) in [6.07, 6.45) is 7.24. The summed E-state index contributed by atoms with van der Waals surface area (Å²) in [4.78, 5) is 4.17. The molecule has 13 heavy (non-hydrogen) atoms. The molecule has 1 aromatic heterocycles. The normalized spacial score (nSPS) is 27.8. The first-order chi connectivity index (χ1) is 6.25. The molecule has 2 unspecified atom stereocenters. The number of nitrogens with zero attached hydrogens (tertiary/aromatic N) is 1. The zero-order valence-corrected chi connectivity index (χ0v) is 9.00. The first-order valence-electron chi connectivity index (χ1n) is 4.62. The monoisotopic (exact) mass is 240 g/mol. The SMILES string of the molecule is NC1CCC(c2cncc(Br)c2)C1. The van der Waals surface area contributed by atoms with Crippen LogP contribution in [0.3, 0.4) is 0 Å². The summed E-state index contributed by atoms with van der Waals surface area (Å²) in [6.45, 7) is 0. The Morgan fingerprint density at radius 3 is 2.85 bits per heavy atom. The van der Waals surface area contributed by atoms with Crippen LogP contribution < -0.4 is 5.73 Å². The molecule has 2 rings (SSSR count). The molecule has 3 heteroatoms. The van der Waals surface area contributed by atoms with Gasteiger partial charge in [0.15, 0.2) is 0 Å². The third-order valence-electron chi connectivity index (χ3n) is 2.67. The van der Waals surface area contributed by atoms with Gasteiger partial charge in [-0.2, -0.15) is 0 Å². The third kappa shape index (κ3) is 2.09. The highest BCUT2D eigenvalue weighted by molar-refractivity contribution is 9.10. The summed E-state index contributed by atoms with van der Waals surface area (Å²) in [7, 11) is 0. The second-order valence-electron chi connectivity index (χ2n) is 3.71. The molecular weight excluding hydrogens is 228 g/mol. The zero-order valence-electron chi connectivity index (χ0n) is 7.41. The van der Waals surface area contributed by atoms with E-state index in [-0.39, 0.29) is 0 Å². The van der Waals surface area contributed by atoms with Crippen LogP contribution in [0, 0.1) is 0 Å². The Balaban J connectivity index is 2.16. The minimum atomic E-state index is 0.393. The molecule has 1 aliphatic carbocycles.